The minimum Gasteiger partial charge on any atom is -0.752 e. The van der Waals surface area contributed by atoms with Crippen molar-refractivity contribution in [1.29, 1.82) is 0 Å². The number of nitrogens with zero attached hydrogens (tertiary/aromatic N) is 4. The summed E-state index contributed by atoms with van der Waals surface area (Å²) < 4.78 is 64.9. The SMILES string of the molecule is CCOc1ccc(N=Nc2ccc(-c3ccc(N=Nc4c(O)ccc5cc(S(=O)(=O)[O-])c[c-]c45)c(C)c3)cc2C)cc1.O=S(=O)=O.[Na+].[Na+]. The first kappa shape index (κ1) is 40.9. The first-order valence-corrected chi connectivity index (χ1v) is 15.9. The van der Waals surface area contributed by atoms with Crippen molar-refractivity contribution in [2.75, 3.05) is 6.61 Å². The van der Waals surface area contributed by atoms with Gasteiger partial charge >= 0.3 is 69.7 Å². The van der Waals surface area contributed by atoms with Gasteiger partial charge in [-0.2, -0.15) is 20.5 Å². The van der Waals surface area contributed by atoms with Gasteiger partial charge in [0.1, 0.15) is 11.5 Å². The van der Waals surface area contributed by atoms with Crippen LogP contribution < -0.4 is 63.9 Å². The molecule has 0 aliphatic rings. The fourth-order valence-corrected chi connectivity index (χ4v) is 4.81. The molecule has 0 fully saturated rings. The maximum atomic E-state index is 11.4. The molecule has 0 aliphatic carbocycles. The predicted octanol–water partition coefficient (Wildman–Crippen LogP) is 1.77. The Morgan fingerprint density at radius 3 is 1.83 bits per heavy atom. The van der Waals surface area contributed by atoms with Gasteiger partial charge in [0.15, 0.2) is 0 Å². The number of hydrogen-bond acceptors (Lipinski definition) is 12. The number of phenolic OH excluding ortho intramolecular Hbond substituents is 1. The Bertz CT molecular complexity index is 2190. The van der Waals surface area contributed by atoms with E-state index in [0.29, 0.717) is 23.1 Å². The molecular weight excluding hydrogens is 678 g/mol. The zero-order valence-electron chi connectivity index (χ0n) is 26.7. The fourth-order valence-electron chi connectivity index (χ4n) is 4.34. The number of hydrogen-bond donors (Lipinski definition) is 1. The van der Waals surface area contributed by atoms with Crippen molar-refractivity contribution in [3.8, 4) is 22.6 Å². The van der Waals surface area contributed by atoms with Crippen LogP contribution in [0.25, 0.3) is 21.9 Å². The average molecular weight is 705 g/mol. The van der Waals surface area contributed by atoms with Gasteiger partial charge in [0, 0.05) is 0 Å². The molecule has 5 aromatic carbocycles. The van der Waals surface area contributed by atoms with Gasteiger partial charge in [-0.1, -0.05) is 18.2 Å². The van der Waals surface area contributed by atoms with Crippen LogP contribution in [0.15, 0.2) is 110 Å². The number of rotatable bonds is 8. The van der Waals surface area contributed by atoms with Gasteiger partial charge in [0.05, 0.1) is 39.5 Å². The Kier molecular flexibility index (Phi) is 15.7. The van der Waals surface area contributed by atoms with Crippen LogP contribution >= 0.6 is 0 Å². The average Bonchev–Trinajstić information content (AvgIpc) is 3.00. The van der Waals surface area contributed by atoms with Crippen LogP contribution in [0.1, 0.15) is 18.1 Å². The van der Waals surface area contributed by atoms with E-state index >= 15 is 0 Å². The second-order valence-electron chi connectivity index (χ2n) is 9.72. The van der Waals surface area contributed by atoms with Gasteiger partial charge < -0.3 is 14.4 Å². The van der Waals surface area contributed by atoms with Crippen molar-refractivity contribution in [2.45, 2.75) is 25.7 Å². The van der Waals surface area contributed by atoms with E-state index in [0.717, 1.165) is 45.4 Å². The molecule has 0 aromatic heterocycles. The normalized spacial score (nSPS) is 11.0. The summed E-state index contributed by atoms with van der Waals surface area (Å²) >= 11 is 0. The van der Waals surface area contributed by atoms with E-state index in [4.69, 9.17) is 17.4 Å². The summed E-state index contributed by atoms with van der Waals surface area (Å²) in [5.41, 5.74) is 6.03. The Morgan fingerprint density at radius 1 is 0.792 bits per heavy atom. The summed E-state index contributed by atoms with van der Waals surface area (Å²) in [5.74, 6) is 0.643. The zero-order chi connectivity index (χ0) is 33.4. The molecule has 0 radical (unpaired) electrons. The summed E-state index contributed by atoms with van der Waals surface area (Å²) in [6, 6.07) is 27.0. The zero-order valence-corrected chi connectivity index (χ0v) is 32.3. The molecule has 1 N–H and O–H groups in total. The third-order valence-electron chi connectivity index (χ3n) is 6.54. The molecule has 0 saturated carbocycles. The Hall–Kier alpha value is -3.31. The van der Waals surface area contributed by atoms with E-state index in [1.807, 2.05) is 81.4 Å². The van der Waals surface area contributed by atoms with Crippen molar-refractivity contribution in [1.82, 2.24) is 0 Å². The number of benzene rings is 5. The van der Waals surface area contributed by atoms with E-state index < -0.39 is 25.6 Å². The Morgan fingerprint density at radius 2 is 1.33 bits per heavy atom. The maximum absolute atomic E-state index is 11.4. The summed E-state index contributed by atoms with van der Waals surface area (Å²) in [7, 11) is -7.75. The first-order valence-electron chi connectivity index (χ1n) is 13.5. The van der Waals surface area contributed by atoms with E-state index in [2.05, 4.69) is 26.5 Å². The summed E-state index contributed by atoms with van der Waals surface area (Å²) in [4.78, 5) is -0.408. The maximum Gasteiger partial charge on any atom is 1.00 e. The summed E-state index contributed by atoms with van der Waals surface area (Å²) in [5, 5.41) is 28.4. The second kappa shape index (κ2) is 18.5. The number of fused-ring (bicyclic) bond motifs is 1. The molecule has 0 heterocycles. The summed E-state index contributed by atoms with van der Waals surface area (Å²) in [6.07, 6.45) is 0. The molecule has 0 spiro atoms. The van der Waals surface area contributed by atoms with Crippen LogP contribution in [0.2, 0.25) is 0 Å². The smallest absolute Gasteiger partial charge is 0.752 e. The molecular formula is C32H26N4Na2O8S2. The fraction of sp³-hybridized carbons (Fsp3) is 0.125. The topological polar surface area (TPSA) is 187 Å². The monoisotopic (exact) mass is 704 g/mol. The van der Waals surface area contributed by atoms with E-state index in [9.17, 15) is 18.1 Å². The Labute approximate surface area is 323 Å². The molecule has 12 nitrogen and oxygen atoms in total. The van der Waals surface area contributed by atoms with Gasteiger partial charge in [-0.15, -0.1) is 41.6 Å². The van der Waals surface area contributed by atoms with Crippen molar-refractivity contribution < 1.29 is 94.6 Å². The van der Waals surface area contributed by atoms with Crippen LogP contribution in [0.4, 0.5) is 22.7 Å². The molecule has 5 rings (SSSR count). The molecule has 236 valence electrons. The molecule has 5 aromatic rings. The molecule has 0 amide bonds. The first-order chi connectivity index (χ1) is 21.8. The number of azo groups is 2. The third-order valence-corrected chi connectivity index (χ3v) is 7.35. The van der Waals surface area contributed by atoms with Crippen molar-refractivity contribution in [3.63, 3.8) is 0 Å². The largest absolute Gasteiger partial charge is 1.00 e. The molecule has 48 heavy (non-hydrogen) atoms. The van der Waals surface area contributed by atoms with Crippen LogP contribution in [-0.2, 0) is 20.7 Å². The van der Waals surface area contributed by atoms with Gasteiger partial charge in [0.2, 0.25) is 0 Å². The quantitative estimate of drug-likeness (QED) is 0.110. The molecule has 0 saturated heterocycles. The van der Waals surface area contributed by atoms with Crippen molar-refractivity contribution in [3.05, 3.63) is 102 Å². The number of aromatic hydroxyl groups is 1. The van der Waals surface area contributed by atoms with Crippen LogP contribution in [-0.4, -0.2) is 37.3 Å². The predicted molar refractivity (Wildman–Crippen MR) is 169 cm³/mol. The van der Waals surface area contributed by atoms with Crippen LogP contribution in [0.3, 0.4) is 0 Å². The van der Waals surface area contributed by atoms with E-state index in [1.165, 1.54) is 18.2 Å². The summed E-state index contributed by atoms with van der Waals surface area (Å²) in [6.45, 7) is 6.43. The standard InChI is InChI=1S/C32H27N4O5S.2Na.O3S/c1-4-41-26-10-8-25(9-11-26)33-34-29-14-5-22(17-20(29)2)23-6-15-30(21(3)18-23)35-36-32-28-13-12-27(42(38,39)40)19-24(28)7-16-31(32)37;;;1-4(2)3/h5-12,14-19,37H,4H2,1-3H3,(H,38,39,40);;;/q-1;2*+1;/p-1. The van der Waals surface area contributed by atoms with Crippen LogP contribution in [0.5, 0.6) is 11.5 Å². The molecule has 0 atom stereocenters. The number of aryl methyl sites for hydroxylation is 2. The van der Waals surface area contributed by atoms with Crippen LogP contribution in [0, 0.1) is 19.9 Å². The number of phenols is 1. The van der Waals surface area contributed by atoms with Gasteiger partial charge in [-0.3, -0.25) is 0 Å². The molecule has 0 aliphatic heterocycles. The van der Waals surface area contributed by atoms with E-state index in [-0.39, 0.29) is 70.6 Å². The minimum absolute atomic E-state index is 0. The van der Waals surface area contributed by atoms with Gasteiger partial charge in [-0.25, -0.2) is 8.42 Å². The Balaban J connectivity index is 0.00000126. The van der Waals surface area contributed by atoms with E-state index in [1.54, 1.807) is 0 Å². The second-order valence-corrected chi connectivity index (χ2v) is 11.5. The van der Waals surface area contributed by atoms with Gasteiger partial charge in [-0.05, 0) is 103 Å². The minimum atomic E-state index is -4.64. The van der Waals surface area contributed by atoms with Crippen molar-refractivity contribution in [2.24, 2.45) is 20.5 Å². The number of ether oxygens (including phenoxy) is 1. The molecule has 0 unspecified atom stereocenters. The van der Waals surface area contributed by atoms with Crippen molar-refractivity contribution >= 4 is 54.2 Å². The molecule has 16 heteroatoms. The third kappa shape index (κ3) is 11.1. The molecule has 0 bridgehead atoms. The van der Waals surface area contributed by atoms with Gasteiger partial charge in [0.25, 0.3) is 0 Å².